The molecule has 0 radical (unpaired) electrons. The fourth-order valence-corrected chi connectivity index (χ4v) is 3.82. The van der Waals surface area contributed by atoms with E-state index in [1.807, 2.05) is 79.7 Å². The number of carbonyl (C=O) groups excluding carboxylic acids is 2. The molecule has 3 aromatic carbocycles. The van der Waals surface area contributed by atoms with Crippen LogP contribution < -0.4 is 16.4 Å². The molecule has 1 unspecified atom stereocenters. The van der Waals surface area contributed by atoms with E-state index in [2.05, 4.69) is 26.6 Å². The zero-order chi connectivity index (χ0) is 23.6. The second kappa shape index (κ2) is 12.2. The summed E-state index contributed by atoms with van der Waals surface area (Å²) in [6.45, 7) is 2.50. The molecule has 1 atom stereocenters. The number of rotatable bonds is 9. The predicted molar refractivity (Wildman–Crippen MR) is 134 cm³/mol. The molecule has 172 valence electrons. The van der Waals surface area contributed by atoms with Crippen molar-refractivity contribution in [1.29, 1.82) is 0 Å². The monoisotopic (exact) mass is 509 g/mol. The summed E-state index contributed by atoms with van der Waals surface area (Å²) in [4.78, 5) is 24.6. The highest BCUT2D eigenvalue weighted by Gasteiger charge is 2.12. The number of benzene rings is 3. The average molecular weight is 510 g/mol. The first-order valence-electron chi connectivity index (χ1n) is 10.8. The number of alkyl carbamates (subject to hydrolysis) is 1. The molecule has 0 saturated carbocycles. The first-order chi connectivity index (χ1) is 15.9. The Bertz CT molecular complexity index is 1090. The van der Waals surface area contributed by atoms with Crippen LogP contribution in [0, 0.1) is 0 Å². The van der Waals surface area contributed by atoms with Crippen LogP contribution >= 0.6 is 15.9 Å². The molecule has 0 heterocycles. The van der Waals surface area contributed by atoms with Gasteiger partial charge in [0.2, 0.25) is 5.91 Å². The van der Waals surface area contributed by atoms with Gasteiger partial charge in [0, 0.05) is 23.1 Å². The molecule has 33 heavy (non-hydrogen) atoms. The maximum absolute atomic E-state index is 12.5. The molecule has 0 aromatic heterocycles. The molecule has 0 bridgehead atoms. The summed E-state index contributed by atoms with van der Waals surface area (Å²) >= 11 is 3.44. The topological polar surface area (TPSA) is 93.5 Å². The standard InChI is InChI=1S/C26H28BrN3O3/c1-18(29-26(32)33-17-19-6-3-2-4-7-19)21-8-5-9-24(15-21)30-25(31)13-11-20-10-12-23(27)14-22(20)16-28/h2-10,12,14-15,18H,11,13,16-17,28H2,1H3,(H,29,32)(H,30,31). The van der Waals surface area contributed by atoms with E-state index in [1.54, 1.807) is 0 Å². The van der Waals surface area contributed by atoms with Gasteiger partial charge in [-0.15, -0.1) is 0 Å². The Balaban J connectivity index is 1.51. The molecular formula is C26H28BrN3O3. The van der Waals surface area contributed by atoms with Gasteiger partial charge >= 0.3 is 6.09 Å². The molecule has 0 spiro atoms. The Hall–Kier alpha value is -3.16. The Morgan fingerprint density at radius 3 is 2.55 bits per heavy atom. The van der Waals surface area contributed by atoms with E-state index in [0.29, 0.717) is 25.1 Å². The van der Waals surface area contributed by atoms with E-state index in [-0.39, 0.29) is 18.6 Å². The summed E-state index contributed by atoms with van der Waals surface area (Å²) in [5.41, 5.74) is 10.4. The molecule has 0 aliphatic carbocycles. The largest absolute Gasteiger partial charge is 0.445 e. The smallest absolute Gasteiger partial charge is 0.407 e. The average Bonchev–Trinajstić information content (AvgIpc) is 2.82. The number of ether oxygens (including phenoxy) is 1. The highest BCUT2D eigenvalue weighted by Crippen LogP contribution is 2.20. The van der Waals surface area contributed by atoms with Crippen molar-refractivity contribution in [3.8, 4) is 0 Å². The highest BCUT2D eigenvalue weighted by atomic mass is 79.9. The number of anilines is 1. The van der Waals surface area contributed by atoms with Gasteiger partial charge in [-0.3, -0.25) is 4.79 Å². The van der Waals surface area contributed by atoms with Crippen molar-refractivity contribution in [3.63, 3.8) is 0 Å². The molecular weight excluding hydrogens is 482 g/mol. The van der Waals surface area contributed by atoms with Crippen LogP contribution in [-0.2, 0) is 29.1 Å². The number of aryl methyl sites for hydroxylation is 1. The highest BCUT2D eigenvalue weighted by molar-refractivity contribution is 9.10. The predicted octanol–water partition coefficient (Wildman–Crippen LogP) is 5.47. The Morgan fingerprint density at radius 2 is 1.79 bits per heavy atom. The van der Waals surface area contributed by atoms with Crippen molar-refractivity contribution in [3.05, 3.63) is 99.5 Å². The molecule has 7 heteroatoms. The molecule has 4 N–H and O–H groups in total. The van der Waals surface area contributed by atoms with Crippen LogP contribution in [-0.4, -0.2) is 12.0 Å². The number of hydrogen-bond acceptors (Lipinski definition) is 4. The number of halogens is 1. The molecule has 0 aliphatic heterocycles. The van der Waals surface area contributed by atoms with Crippen molar-refractivity contribution in [2.75, 3.05) is 5.32 Å². The molecule has 6 nitrogen and oxygen atoms in total. The van der Waals surface area contributed by atoms with Crippen LogP contribution in [0.3, 0.4) is 0 Å². The number of amides is 2. The van der Waals surface area contributed by atoms with Crippen molar-refractivity contribution in [2.45, 2.75) is 39.0 Å². The van der Waals surface area contributed by atoms with Gasteiger partial charge in [0.25, 0.3) is 0 Å². The first-order valence-corrected chi connectivity index (χ1v) is 11.6. The van der Waals surface area contributed by atoms with Crippen molar-refractivity contribution in [2.24, 2.45) is 5.73 Å². The third kappa shape index (κ3) is 7.73. The number of nitrogens with two attached hydrogens (primary N) is 1. The van der Waals surface area contributed by atoms with Crippen LogP contribution in [0.25, 0.3) is 0 Å². The second-order valence-corrected chi connectivity index (χ2v) is 8.63. The third-order valence-electron chi connectivity index (χ3n) is 5.23. The maximum atomic E-state index is 12.5. The summed E-state index contributed by atoms with van der Waals surface area (Å²) in [7, 11) is 0. The van der Waals surface area contributed by atoms with Crippen LogP contribution in [0.5, 0.6) is 0 Å². The van der Waals surface area contributed by atoms with Crippen LogP contribution in [0.4, 0.5) is 10.5 Å². The lowest BCUT2D eigenvalue weighted by Crippen LogP contribution is -2.27. The van der Waals surface area contributed by atoms with E-state index < -0.39 is 6.09 Å². The Labute approximate surface area is 202 Å². The maximum Gasteiger partial charge on any atom is 0.407 e. The first kappa shape index (κ1) is 24.5. The van der Waals surface area contributed by atoms with Gasteiger partial charge in [0.05, 0.1) is 6.04 Å². The normalized spacial score (nSPS) is 11.5. The van der Waals surface area contributed by atoms with E-state index in [1.165, 1.54) is 0 Å². The lowest BCUT2D eigenvalue weighted by Gasteiger charge is -2.16. The van der Waals surface area contributed by atoms with Gasteiger partial charge in [-0.05, 0) is 59.9 Å². The molecule has 2 amide bonds. The number of carbonyl (C=O) groups is 2. The van der Waals surface area contributed by atoms with E-state index in [0.717, 1.165) is 26.7 Å². The zero-order valence-electron chi connectivity index (χ0n) is 18.5. The van der Waals surface area contributed by atoms with Crippen molar-refractivity contribution < 1.29 is 14.3 Å². The Kier molecular flexibility index (Phi) is 9.04. The molecule has 0 fully saturated rings. The number of hydrogen-bond donors (Lipinski definition) is 3. The minimum atomic E-state index is -0.494. The van der Waals surface area contributed by atoms with Gasteiger partial charge in [-0.1, -0.05) is 64.5 Å². The van der Waals surface area contributed by atoms with Crippen molar-refractivity contribution in [1.82, 2.24) is 5.32 Å². The molecule has 0 saturated heterocycles. The summed E-state index contributed by atoms with van der Waals surface area (Å²) < 4.78 is 6.26. The van der Waals surface area contributed by atoms with Gasteiger partial charge in [-0.2, -0.15) is 0 Å². The fourth-order valence-electron chi connectivity index (χ4n) is 3.41. The minimum Gasteiger partial charge on any atom is -0.445 e. The van der Waals surface area contributed by atoms with Gasteiger partial charge in [0.15, 0.2) is 0 Å². The van der Waals surface area contributed by atoms with E-state index in [9.17, 15) is 9.59 Å². The fraction of sp³-hybridized carbons (Fsp3) is 0.231. The summed E-state index contributed by atoms with van der Waals surface area (Å²) in [6.07, 6.45) is 0.459. The van der Waals surface area contributed by atoms with Gasteiger partial charge < -0.3 is 21.1 Å². The quantitative estimate of drug-likeness (QED) is 0.356. The SMILES string of the molecule is CC(NC(=O)OCc1ccccc1)c1cccc(NC(=O)CCc2ccc(Br)cc2CN)c1. The third-order valence-corrected chi connectivity index (χ3v) is 5.72. The summed E-state index contributed by atoms with van der Waals surface area (Å²) in [5.74, 6) is -0.0825. The number of nitrogens with one attached hydrogen (secondary N) is 2. The van der Waals surface area contributed by atoms with Crippen LogP contribution in [0.2, 0.25) is 0 Å². The Morgan fingerprint density at radius 1 is 1.00 bits per heavy atom. The second-order valence-electron chi connectivity index (χ2n) is 7.72. The lowest BCUT2D eigenvalue weighted by molar-refractivity contribution is -0.116. The summed E-state index contributed by atoms with van der Waals surface area (Å²) in [6, 6.07) is 22.6. The minimum absolute atomic E-state index is 0.0825. The van der Waals surface area contributed by atoms with Crippen LogP contribution in [0.15, 0.2) is 77.3 Å². The summed E-state index contributed by atoms with van der Waals surface area (Å²) in [5, 5.41) is 5.75. The lowest BCUT2D eigenvalue weighted by atomic mass is 10.0. The zero-order valence-corrected chi connectivity index (χ0v) is 20.1. The van der Waals surface area contributed by atoms with Crippen molar-refractivity contribution >= 4 is 33.6 Å². The molecule has 3 rings (SSSR count). The molecule has 0 aliphatic rings. The van der Waals surface area contributed by atoms with Gasteiger partial charge in [-0.25, -0.2) is 4.79 Å². The van der Waals surface area contributed by atoms with Gasteiger partial charge in [0.1, 0.15) is 6.61 Å². The van der Waals surface area contributed by atoms with Crippen LogP contribution in [0.1, 0.15) is 41.6 Å². The molecule has 3 aromatic rings. The van der Waals surface area contributed by atoms with E-state index >= 15 is 0 Å². The van der Waals surface area contributed by atoms with E-state index in [4.69, 9.17) is 10.5 Å².